The number of carbonyl (C=O) groups is 1. The van der Waals surface area contributed by atoms with Crippen LogP contribution in [0.15, 0.2) is 27.8 Å². The predicted molar refractivity (Wildman–Crippen MR) is 116 cm³/mol. The minimum Gasteiger partial charge on any atom is -0.466 e. The number of nitrogens with zero attached hydrogens (tertiary/aromatic N) is 3. The van der Waals surface area contributed by atoms with Crippen molar-refractivity contribution in [2.45, 2.75) is 26.4 Å². The molecular formula is C18H32IN5O3. The molecule has 1 aromatic rings. The highest BCUT2D eigenvalue weighted by Crippen LogP contribution is 2.20. The molecule has 1 aliphatic heterocycles. The van der Waals surface area contributed by atoms with E-state index >= 15 is 0 Å². The molecule has 154 valence electrons. The fourth-order valence-corrected chi connectivity index (χ4v) is 2.86. The second-order valence-corrected chi connectivity index (χ2v) is 6.72. The van der Waals surface area contributed by atoms with Crippen LogP contribution >= 0.6 is 24.0 Å². The molecule has 0 aromatic carbocycles. The third kappa shape index (κ3) is 7.67. The summed E-state index contributed by atoms with van der Waals surface area (Å²) in [6, 6.07) is 3.50. The molecule has 1 aliphatic rings. The first-order chi connectivity index (χ1) is 12.4. The van der Waals surface area contributed by atoms with E-state index in [1.165, 1.54) is 0 Å². The van der Waals surface area contributed by atoms with Gasteiger partial charge in [-0.05, 0) is 26.0 Å². The highest BCUT2D eigenvalue weighted by Gasteiger charge is 2.26. The molecule has 27 heavy (non-hydrogen) atoms. The summed E-state index contributed by atoms with van der Waals surface area (Å²) >= 11 is 0. The van der Waals surface area contributed by atoms with Crippen LogP contribution in [0.2, 0.25) is 0 Å². The summed E-state index contributed by atoms with van der Waals surface area (Å²) in [5, 5.41) is 17.0. The zero-order chi connectivity index (χ0) is 19.0. The molecule has 0 aliphatic carbocycles. The lowest BCUT2D eigenvalue weighted by Gasteiger charge is -2.34. The monoisotopic (exact) mass is 493 g/mol. The van der Waals surface area contributed by atoms with Crippen LogP contribution in [-0.2, 0) is 10.4 Å². The Morgan fingerprint density at radius 2 is 2.04 bits per heavy atom. The van der Waals surface area contributed by atoms with Crippen LogP contribution in [0.25, 0.3) is 0 Å². The van der Waals surface area contributed by atoms with Gasteiger partial charge in [-0.2, -0.15) is 0 Å². The van der Waals surface area contributed by atoms with E-state index in [0.29, 0.717) is 11.7 Å². The maximum absolute atomic E-state index is 11.4. The van der Waals surface area contributed by atoms with E-state index < -0.39 is 5.60 Å². The van der Waals surface area contributed by atoms with E-state index in [1.807, 2.05) is 11.8 Å². The van der Waals surface area contributed by atoms with Gasteiger partial charge in [0.05, 0.1) is 12.8 Å². The predicted octanol–water partition coefficient (Wildman–Crippen LogP) is 0.824. The maximum atomic E-state index is 11.4. The normalized spacial score (nSPS) is 17.8. The number of rotatable bonds is 7. The number of amides is 1. The molecule has 8 nitrogen and oxygen atoms in total. The Morgan fingerprint density at radius 3 is 2.59 bits per heavy atom. The van der Waals surface area contributed by atoms with Gasteiger partial charge in [0.1, 0.15) is 11.4 Å². The molecular weight excluding hydrogens is 461 g/mol. The Hall–Kier alpha value is -1.33. The summed E-state index contributed by atoms with van der Waals surface area (Å²) in [6.45, 7) is 11.2. The van der Waals surface area contributed by atoms with Gasteiger partial charge >= 0.3 is 0 Å². The molecule has 0 radical (unpaired) electrons. The summed E-state index contributed by atoms with van der Waals surface area (Å²) in [6.07, 6.45) is 1.54. The number of hydrogen-bond acceptors (Lipinski definition) is 5. The summed E-state index contributed by atoms with van der Waals surface area (Å²) in [4.78, 5) is 20.0. The number of aliphatic imine (C=N–C) groups is 1. The van der Waals surface area contributed by atoms with Crippen LogP contribution in [0.1, 0.15) is 26.5 Å². The average Bonchev–Trinajstić information content (AvgIpc) is 3.16. The summed E-state index contributed by atoms with van der Waals surface area (Å²) in [5.74, 6) is 1.31. The van der Waals surface area contributed by atoms with Crippen LogP contribution in [0, 0.1) is 0 Å². The maximum Gasteiger partial charge on any atom is 0.219 e. The lowest BCUT2D eigenvalue weighted by atomic mass is 10.0. The smallest absolute Gasteiger partial charge is 0.219 e. The summed E-state index contributed by atoms with van der Waals surface area (Å²) in [5.41, 5.74) is -1.14. The van der Waals surface area contributed by atoms with E-state index in [-0.39, 0.29) is 36.4 Å². The lowest BCUT2D eigenvalue weighted by Crippen LogP contribution is -2.50. The van der Waals surface area contributed by atoms with Crippen LogP contribution in [-0.4, -0.2) is 79.1 Å². The standard InChI is InChI=1S/C18H31N5O3.HI/c1-4-19-17(21-14-18(3,25)16-6-5-13-26-16)20-7-8-22-9-11-23(12-10-22)15(2)24;/h5-6,13,25H,4,7-12,14H2,1-3H3,(H2,19,20,21);1H. The van der Waals surface area contributed by atoms with Crippen molar-refractivity contribution in [3.63, 3.8) is 0 Å². The number of nitrogens with one attached hydrogen (secondary N) is 2. The molecule has 1 saturated heterocycles. The van der Waals surface area contributed by atoms with Crippen LogP contribution in [0.4, 0.5) is 0 Å². The molecule has 2 heterocycles. The van der Waals surface area contributed by atoms with Crippen molar-refractivity contribution in [1.29, 1.82) is 0 Å². The number of hydrogen-bond donors (Lipinski definition) is 3. The highest BCUT2D eigenvalue weighted by molar-refractivity contribution is 14.0. The largest absolute Gasteiger partial charge is 0.466 e. The van der Waals surface area contributed by atoms with Crippen molar-refractivity contribution in [3.05, 3.63) is 24.2 Å². The zero-order valence-corrected chi connectivity index (χ0v) is 18.7. The van der Waals surface area contributed by atoms with Crippen LogP contribution in [0.5, 0.6) is 0 Å². The third-order valence-electron chi connectivity index (χ3n) is 4.48. The molecule has 3 N–H and O–H groups in total. The van der Waals surface area contributed by atoms with E-state index in [2.05, 4.69) is 20.5 Å². The molecule has 0 spiro atoms. The quantitative estimate of drug-likeness (QED) is 0.296. The molecule has 9 heteroatoms. The van der Waals surface area contributed by atoms with Gasteiger partial charge in [-0.15, -0.1) is 24.0 Å². The van der Waals surface area contributed by atoms with Gasteiger partial charge in [-0.1, -0.05) is 0 Å². The second kappa shape index (κ2) is 11.5. The molecule has 1 aromatic heterocycles. The molecule has 0 bridgehead atoms. The summed E-state index contributed by atoms with van der Waals surface area (Å²) < 4.78 is 5.28. The van der Waals surface area contributed by atoms with Gasteiger partial charge in [0.2, 0.25) is 5.91 Å². The Balaban J connectivity index is 0.00000364. The lowest BCUT2D eigenvalue weighted by molar-refractivity contribution is -0.130. The highest BCUT2D eigenvalue weighted by atomic mass is 127. The second-order valence-electron chi connectivity index (χ2n) is 6.72. The molecule has 1 amide bonds. The number of piperazine rings is 1. The van der Waals surface area contributed by atoms with Gasteiger partial charge in [0.25, 0.3) is 0 Å². The van der Waals surface area contributed by atoms with Gasteiger partial charge in [0.15, 0.2) is 5.96 Å². The van der Waals surface area contributed by atoms with Crippen LogP contribution in [0.3, 0.4) is 0 Å². The summed E-state index contributed by atoms with van der Waals surface area (Å²) in [7, 11) is 0. The first kappa shape index (κ1) is 23.7. The van der Waals surface area contributed by atoms with Crippen molar-refractivity contribution in [2.24, 2.45) is 4.99 Å². The minimum absolute atomic E-state index is 0. The minimum atomic E-state index is -1.14. The topological polar surface area (TPSA) is 93.3 Å². The van der Waals surface area contributed by atoms with Gasteiger partial charge < -0.3 is 25.1 Å². The molecule has 1 fully saturated rings. The Morgan fingerprint density at radius 1 is 1.33 bits per heavy atom. The molecule has 1 unspecified atom stereocenters. The van der Waals surface area contributed by atoms with Crippen molar-refractivity contribution in [1.82, 2.24) is 20.4 Å². The van der Waals surface area contributed by atoms with E-state index in [4.69, 9.17) is 4.42 Å². The molecule has 2 rings (SSSR count). The van der Waals surface area contributed by atoms with E-state index in [9.17, 15) is 9.90 Å². The fraction of sp³-hybridized carbons (Fsp3) is 0.667. The number of guanidine groups is 1. The van der Waals surface area contributed by atoms with E-state index in [0.717, 1.165) is 45.8 Å². The number of aliphatic hydroxyl groups is 1. The van der Waals surface area contributed by atoms with Gasteiger partial charge in [0, 0.05) is 52.7 Å². The Kier molecular flexibility index (Phi) is 10.1. The molecule has 1 atom stereocenters. The SMILES string of the molecule is CCNC(=NCC(C)(O)c1ccco1)NCCN1CCN(C(C)=O)CC1.I. The van der Waals surface area contributed by atoms with E-state index in [1.54, 1.807) is 32.2 Å². The van der Waals surface area contributed by atoms with Crippen LogP contribution < -0.4 is 10.6 Å². The molecule has 0 saturated carbocycles. The first-order valence-electron chi connectivity index (χ1n) is 9.19. The van der Waals surface area contributed by atoms with Crippen molar-refractivity contribution in [3.8, 4) is 0 Å². The zero-order valence-electron chi connectivity index (χ0n) is 16.4. The Bertz CT molecular complexity index is 584. The fourth-order valence-electron chi connectivity index (χ4n) is 2.86. The first-order valence-corrected chi connectivity index (χ1v) is 9.19. The van der Waals surface area contributed by atoms with Crippen molar-refractivity contribution >= 4 is 35.8 Å². The number of furan rings is 1. The number of carbonyl (C=O) groups excluding carboxylic acids is 1. The van der Waals surface area contributed by atoms with Gasteiger partial charge in [-0.3, -0.25) is 9.69 Å². The Labute approximate surface area is 178 Å². The average molecular weight is 493 g/mol. The van der Waals surface area contributed by atoms with Crippen molar-refractivity contribution in [2.75, 3.05) is 52.4 Å². The third-order valence-corrected chi connectivity index (χ3v) is 4.48. The van der Waals surface area contributed by atoms with Gasteiger partial charge in [-0.25, -0.2) is 4.99 Å². The number of halogens is 1. The van der Waals surface area contributed by atoms with Crippen molar-refractivity contribution < 1.29 is 14.3 Å².